The smallest absolute Gasteiger partial charge is 0.266 e. The Kier molecular flexibility index (Phi) is 4.55. The predicted octanol–water partition coefficient (Wildman–Crippen LogP) is 3.95. The van der Waals surface area contributed by atoms with E-state index in [-0.39, 0.29) is 5.56 Å². The summed E-state index contributed by atoms with van der Waals surface area (Å²) in [5, 5.41) is 5.20. The summed E-state index contributed by atoms with van der Waals surface area (Å²) in [6.07, 6.45) is 2.22. The van der Waals surface area contributed by atoms with Gasteiger partial charge in [0.05, 0.1) is 29.5 Å². The normalized spacial score (nSPS) is 13.7. The summed E-state index contributed by atoms with van der Waals surface area (Å²) in [5.41, 5.74) is 1.23. The molecule has 0 aliphatic heterocycles. The lowest BCUT2D eigenvalue weighted by atomic mass is 10.2. The van der Waals surface area contributed by atoms with Crippen LogP contribution in [0.15, 0.2) is 63.0 Å². The topological polar surface area (TPSA) is 83.0 Å². The minimum Gasteiger partial charge on any atom is -0.497 e. The maximum Gasteiger partial charge on any atom is 0.266 e. The molecule has 0 N–H and O–H groups in total. The molecule has 1 fully saturated rings. The number of fused-ring (bicyclic) bond motifs is 1. The van der Waals surface area contributed by atoms with E-state index in [0.717, 1.165) is 12.8 Å². The molecule has 4 aromatic rings. The summed E-state index contributed by atoms with van der Waals surface area (Å²) in [4.78, 5) is 22.5. The van der Waals surface area contributed by atoms with Gasteiger partial charge in [-0.1, -0.05) is 35.1 Å². The number of hydrogen-bond donors (Lipinski definition) is 0. The van der Waals surface area contributed by atoms with Crippen molar-refractivity contribution in [3.05, 3.63) is 70.6 Å². The van der Waals surface area contributed by atoms with E-state index in [1.54, 1.807) is 17.7 Å². The number of hydrogen-bond acceptors (Lipinski definition) is 7. The van der Waals surface area contributed by atoms with E-state index in [9.17, 15) is 4.79 Å². The zero-order chi connectivity index (χ0) is 19.8. The monoisotopic (exact) mass is 406 g/mol. The van der Waals surface area contributed by atoms with E-state index in [4.69, 9.17) is 14.2 Å². The van der Waals surface area contributed by atoms with E-state index in [0.29, 0.717) is 50.9 Å². The van der Waals surface area contributed by atoms with Crippen LogP contribution in [0.25, 0.3) is 16.6 Å². The fourth-order valence-corrected chi connectivity index (χ4v) is 3.99. The van der Waals surface area contributed by atoms with Crippen LogP contribution in [-0.2, 0) is 5.75 Å². The van der Waals surface area contributed by atoms with Gasteiger partial charge in [0.2, 0.25) is 5.89 Å². The zero-order valence-electron chi connectivity index (χ0n) is 15.7. The molecule has 0 bridgehead atoms. The Morgan fingerprint density at radius 1 is 1.17 bits per heavy atom. The van der Waals surface area contributed by atoms with E-state index in [1.165, 1.54) is 11.8 Å². The molecule has 0 atom stereocenters. The van der Waals surface area contributed by atoms with Crippen LogP contribution in [0.1, 0.15) is 30.5 Å². The Bertz CT molecular complexity index is 1250. The third kappa shape index (κ3) is 3.51. The fourth-order valence-electron chi connectivity index (χ4n) is 3.14. The third-order valence-electron chi connectivity index (χ3n) is 4.80. The number of methoxy groups -OCH3 is 1. The van der Waals surface area contributed by atoms with Crippen molar-refractivity contribution >= 4 is 22.7 Å². The highest BCUT2D eigenvalue weighted by Crippen LogP contribution is 2.39. The minimum atomic E-state index is -0.127. The van der Waals surface area contributed by atoms with Crippen molar-refractivity contribution in [2.75, 3.05) is 7.11 Å². The number of ether oxygens (including phenoxy) is 1. The quantitative estimate of drug-likeness (QED) is 0.354. The summed E-state index contributed by atoms with van der Waals surface area (Å²) in [6.45, 7) is 0. The second-order valence-corrected chi connectivity index (χ2v) is 7.81. The van der Waals surface area contributed by atoms with Gasteiger partial charge in [0, 0.05) is 12.0 Å². The molecule has 0 radical (unpaired) electrons. The molecule has 7 nitrogen and oxygen atoms in total. The summed E-state index contributed by atoms with van der Waals surface area (Å²) >= 11 is 1.41. The Balaban J connectivity index is 1.57. The first kappa shape index (κ1) is 17.9. The number of nitrogens with zero attached hydrogens (tertiary/aromatic N) is 4. The van der Waals surface area contributed by atoms with Gasteiger partial charge >= 0.3 is 0 Å². The van der Waals surface area contributed by atoms with E-state index < -0.39 is 0 Å². The molecule has 0 spiro atoms. The van der Waals surface area contributed by atoms with E-state index in [2.05, 4.69) is 10.1 Å². The van der Waals surface area contributed by atoms with Gasteiger partial charge in [-0.2, -0.15) is 4.98 Å². The predicted molar refractivity (Wildman–Crippen MR) is 110 cm³/mol. The number of benzene rings is 2. The van der Waals surface area contributed by atoms with Gasteiger partial charge in [0.1, 0.15) is 5.75 Å². The standard InChI is InChI=1S/C21H18N4O3S/c1-27-15-6-4-5-14(11-15)25-20(26)16-7-2-3-8-17(16)22-21(25)29-12-18-23-19(28-24-18)13-9-10-13/h2-8,11,13H,9-10,12H2,1H3. The minimum absolute atomic E-state index is 0.127. The molecule has 1 saturated carbocycles. The lowest BCUT2D eigenvalue weighted by Gasteiger charge is -2.13. The van der Waals surface area contributed by atoms with Crippen molar-refractivity contribution < 1.29 is 9.26 Å². The molecule has 8 heteroatoms. The van der Waals surface area contributed by atoms with Crippen molar-refractivity contribution in [1.82, 2.24) is 19.7 Å². The fraction of sp³-hybridized carbons (Fsp3) is 0.238. The van der Waals surface area contributed by atoms with Crippen LogP contribution in [0.5, 0.6) is 5.75 Å². The summed E-state index contributed by atoms with van der Waals surface area (Å²) in [5.74, 6) is 2.86. The highest BCUT2D eigenvalue weighted by molar-refractivity contribution is 7.98. The molecule has 0 unspecified atom stereocenters. The Morgan fingerprint density at radius 3 is 2.86 bits per heavy atom. The van der Waals surface area contributed by atoms with Gasteiger partial charge in [-0.25, -0.2) is 4.98 Å². The molecule has 0 saturated heterocycles. The maximum absolute atomic E-state index is 13.3. The second-order valence-electron chi connectivity index (χ2n) is 6.87. The van der Waals surface area contributed by atoms with Gasteiger partial charge in [0.25, 0.3) is 5.56 Å². The molecule has 146 valence electrons. The highest BCUT2D eigenvalue weighted by Gasteiger charge is 2.29. The van der Waals surface area contributed by atoms with E-state index >= 15 is 0 Å². The van der Waals surface area contributed by atoms with Crippen LogP contribution < -0.4 is 10.3 Å². The number of aromatic nitrogens is 4. The molecule has 1 aliphatic rings. The molecular formula is C21H18N4O3S. The molecule has 1 aliphatic carbocycles. The molecule has 0 amide bonds. The summed E-state index contributed by atoms with van der Waals surface area (Å²) in [7, 11) is 1.60. The SMILES string of the molecule is COc1cccc(-n2c(SCc3noc(C4CC4)n3)nc3ccccc3c2=O)c1. The van der Waals surface area contributed by atoms with Gasteiger partial charge in [-0.15, -0.1) is 0 Å². The van der Waals surface area contributed by atoms with Crippen molar-refractivity contribution in [3.63, 3.8) is 0 Å². The lowest BCUT2D eigenvalue weighted by Crippen LogP contribution is -2.21. The van der Waals surface area contributed by atoms with Gasteiger partial charge in [-0.05, 0) is 37.1 Å². The number of thioether (sulfide) groups is 1. The summed E-state index contributed by atoms with van der Waals surface area (Å²) in [6, 6.07) is 14.7. The Labute approximate surface area is 170 Å². The third-order valence-corrected chi connectivity index (χ3v) is 5.73. The van der Waals surface area contributed by atoms with Crippen molar-refractivity contribution in [3.8, 4) is 11.4 Å². The highest BCUT2D eigenvalue weighted by atomic mass is 32.2. The van der Waals surface area contributed by atoms with Crippen LogP contribution in [0, 0.1) is 0 Å². The largest absolute Gasteiger partial charge is 0.497 e. The molecule has 2 heterocycles. The lowest BCUT2D eigenvalue weighted by molar-refractivity contribution is 0.375. The average Bonchev–Trinajstić information content (AvgIpc) is 3.50. The number of rotatable bonds is 6. The van der Waals surface area contributed by atoms with Crippen LogP contribution in [0.4, 0.5) is 0 Å². The van der Waals surface area contributed by atoms with Crippen LogP contribution in [0.2, 0.25) is 0 Å². The van der Waals surface area contributed by atoms with Gasteiger partial charge in [-0.3, -0.25) is 9.36 Å². The average molecular weight is 406 g/mol. The first-order valence-corrected chi connectivity index (χ1v) is 10.3. The first-order chi connectivity index (χ1) is 14.2. The van der Waals surface area contributed by atoms with Crippen LogP contribution in [0.3, 0.4) is 0 Å². The van der Waals surface area contributed by atoms with Gasteiger partial charge in [0.15, 0.2) is 11.0 Å². The van der Waals surface area contributed by atoms with Crippen molar-refractivity contribution in [2.45, 2.75) is 29.7 Å². The molecule has 29 heavy (non-hydrogen) atoms. The van der Waals surface area contributed by atoms with Gasteiger partial charge < -0.3 is 9.26 Å². The molecule has 2 aromatic heterocycles. The maximum atomic E-state index is 13.3. The van der Waals surface area contributed by atoms with Crippen molar-refractivity contribution in [2.24, 2.45) is 0 Å². The van der Waals surface area contributed by atoms with Crippen LogP contribution in [-0.4, -0.2) is 26.8 Å². The van der Waals surface area contributed by atoms with Crippen LogP contribution >= 0.6 is 11.8 Å². The molecule has 5 rings (SSSR count). The zero-order valence-corrected chi connectivity index (χ0v) is 16.6. The first-order valence-electron chi connectivity index (χ1n) is 9.34. The molecular weight excluding hydrogens is 388 g/mol. The van der Waals surface area contributed by atoms with E-state index in [1.807, 2.05) is 42.5 Å². The second kappa shape index (κ2) is 7.36. The Morgan fingerprint density at radius 2 is 2.03 bits per heavy atom. The molecule has 2 aromatic carbocycles. The van der Waals surface area contributed by atoms with Crippen molar-refractivity contribution in [1.29, 1.82) is 0 Å². The summed E-state index contributed by atoms with van der Waals surface area (Å²) < 4.78 is 12.3. The number of para-hydroxylation sites is 1. The Hall–Kier alpha value is -3.13.